The lowest BCUT2D eigenvalue weighted by Gasteiger charge is -2.36. The van der Waals surface area contributed by atoms with Gasteiger partial charge in [0.25, 0.3) is 5.91 Å². The highest BCUT2D eigenvalue weighted by Crippen LogP contribution is 2.36. The average molecular weight is 523 g/mol. The summed E-state index contributed by atoms with van der Waals surface area (Å²) >= 11 is 0. The number of nitrogens with one attached hydrogen (secondary N) is 2. The van der Waals surface area contributed by atoms with Crippen molar-refractivity contribution in [2.45, 2.75) is 64.4 Å². The van der Waals surface area contributed by atoms with Crippen LogP contribution in [0.2, 0.25) is 0 Å². The molecule has 2 aliphatic rings. The van der Waals surface area contributed by atoms with Gasteiger partial charge in [-0.25, -0.2) is 0 Å². The van der Waals surface area contributed by atoms with E-state index < -0.39 is 18.6 Å². The number of hydrogen-bond acceptors (Lipinski definition) is 4. The van der Waals surface area contributed by atoms with E-state index >= 15 is 0 Å². The first-order chi connectivity index (χ1) is 17.5. The van der Waals surface area contributed by atoms with Gasteiger partial charge in [0.1, 0.15) is 0 Å². The van der Waals surface area contributed by atoms with Gasteiger partial charge in [0.05, 0.1) is 24.1 Å². The predicted octanol–water partition coefficient (Wildman–Crippen LogP) is 4.05. The van der Waals surface area contributed by atoms with Crippen LogP contribution in [0.3, 0.4) is 0 Å². The van der Waals surface area contributed by atoms with Gasteiger partial charge in [-0.15, -0.1) is 0 Å². The molecule has 0 spiro atoms. The van der Waals surface area contributed by atoms with E-state index in [1.54, 1.807) is 7.11 Å². The van der Waals surface area contributed by atoms with Crippen molar-refractivity contribution in [2.75, 3.05) is 33.3 Å². The minimum absolute atomic E-state index is 0.0166. The quantitative estimate of drug-likeness (QED) is 0.575. The summed E-state index contributed by atoms with van der Waals surface area (Å²) in [6.45, 7) is 6.04. The fourth-order valence-corrected chi connectivity index (χ4v) is 6.13. The molecule has 0 saturated carbocycles. The summed E-state index contributed by atoms with van der Waals surface area (Å²) < 4.78 is 46.1. The molecular formula is C27H37F3N4O3. The molecule has 2 fully saturated rings. The molecule has 204 valence electrons. The van der Waals surface area contributed by atoms with Crippen LogP contribution in [0, 0.1) is 18.8 Å². The third-order valence-electron chi connectivity index (χ3n) is 8.05. The highest BCUT2D eigenvalue weighted by Gasteiger charge is 2.37. The number of rotatable bonds is 7. The maximum atomic E-state index is 13.5. The van der Waals surface area contributed by atoms with Gasteiger partial charge >= 0.3 is 6.18 Å². The summed E-state index contributed by atoms with van der Waals surface area (Å²) in [6.07, 6.45) is -2.44. The maximum Gasteiger partial charge on any atom is 0.401 e. The highest BCUT2D eigenvalue weighted by molar-refractivity contribution is 6.08. The summed E-state index contributed by atoms with van der Waals surface area (Å²) in [6, 6.07) is 7.74. The van der Waals surface area contributed by atoms with Crippen molar-refractivity contribution < 1.29 is 27.5 Å². The Kier molecular flexibility index (Phi) is 8.18. The number of nitrogens with zero attached hydrogens (tertiary/aromatic N) is 2. The molecule has 1 aromatic heterocycles. The number of piperidine rings is 2. The average Bonchev–Trinajstić information content (AvgIpc) is 3.13. The zero-order valence-corrected chi connectivity index (χ0v) is 21.9. The number of halogens is 3. The number of carbonyl (C=O) groups is 2. The van der Waals surface area contributed by atoms with Crippen molar-refractivity contribution in [3.8, 4) is 0 Å². The number of benzene rings is 1. The van der Waals surface area contributed by atoms with Crippen LogP contribution in [0.25, 0.3) is 10.9 Å². The molecule has 4 atom stereocenters. The molecule has 0 bridgehead atoms. The molecule has 2 amide bonds. The summed E-state index contributed by atoms with van der Waals surface area (Å²) in [4.78, 5) is 27.5. The number of aromatic nitrogens is 1. The Balaban J connectivity index is 1.52. The third-order valence-corrected chi connectivity index (χ3v) is 8.05. The Labute approximate surface area is 215 Å². The van der Waals surface area contributed by atoms with Crippen LogP contribution in [0.4, 0.5) is 13.2 Å². The number of alkyl halides is 3. The van der Waals surface area contributed by atoms with E-state index in [1.807, 2.05) is 38.1 Å². The smallest absolute Gasteiger partial charge is 0.380 e. The van der Waals surface area contributed by atoms with Crippen molar-refractivity contribution in [1.82, 2.24) is 20.1 Å². The zero-order chi connectivity index (χ0) is 26.9. The second kappa shape index (κ2) is 11.0. The second-order valence-electron chi connectivity index (χ2n) is 10.6. The number of likely N-dealkylation sites (tertiary alicyclic amines) is 1. The molecular weight excluding hydrogens is 485 g/mol. The Hall–Kier alpha value is -2.59. The SMILES string of the molecule is COC1CC(C)NC(=O)C1CNC(=O)c1c(C)n([C@H](C)C2CCN(CC(F)(F)F)CC2)c2ccccc12. The van der Waals surface area contributed by atoms with Gasteiger partial charge in [0.2, 0.25) is 5.91 Å². The molecule has 37 heavy (non-hydrogen) atoms. The fraction of sp³-hybridized carbons (Fsp3) is 0.630. The van der Waals surface area contributed by atoms with Gasteiger partial charge in [-0.3, -0.25) is 14.5 Å². The Morgan fingerprint density at radius 2 is 1.92 bits per heavy atom. The lowest BCUT2D eigenvalue weighted by Crippen LogP contribution is -2.53. The first kappa shape index (κ1) is 27.4. The summed E-state index contributed by atoms with van der Waals surface area (Å²) in [5.74, 6) is -0.652. The molecule has 0 aliphatic carbocycles. The predicted molar refractivity (Wildman–Crippen MR) is 135 cm³/mol. The molecule has 7 nitrogen and oxygen atoms in total. The molecule has 10 heteroatoms. The fourth-order valence-electron chi connectivity index (χ4n) is 6.13. The topological polar surface area (TPSA) is 75.6 Å². The van der Waals surface area contributed by atoms with Gasteiger partial charge in [-0.1, -0.05) is 18.2 Å². The number of carbonyl (C=O) groups excluding carboxylic acids is 2. The normalized spacial score (nSPS) is 24.7. The molecule has 1 aromatic carbocycles. The molecule has 3 heterocycles. The minimum Gasteiger partial charge on any atom is -0.380 e. The molecule has 3 unspecified atom stereocenters. The van der Waals surface area contributed by atoms with Crippen LogP contribution in [-0.4, -0.2) is 72.9 Å². The largest absolute Gasteiger partial charge is 0.401 e. The van der Waals surface area contributed by atoms with Crippen molar-refractivity contribution in [3.05, 3.63) is 35.5 Å². The molecule has 2 N–H and O–H groups in total. The van der Waals surface area contributed by atoms with Crippen molar-refractivity contribution in [3.63, 3.8) is 0 Å². The molecule has 2 saturated heterocycles. The number of methoxy groups -OCH3 is 1. The van der Waals surface area contributed by atoms with Gasteiger partial charge < -0.3 is 19.9 Å². The van der Waals surface area contributed by atoms with E-state index in [1.165, 1.54) is 4.90 Å². The van der Waals surface area contributed by atoms with Gasteiger partial charge in [-0.05, 0) is 65.1 Å². The van der Waals surface area contributed by atoms with Gasteiger partial charge in [0, 0.05) is 42.3 Å². The first-order valence-corrected chi connectivity index (χ1v) is 13.0. The van der Waals surface area contributed by atoms with Gasteiger partial charge in [-0.2, -0.15) is 13.2 Å². The van der Waals surface area contributed by atoms with Crippen molar-refractivity contribution in [1.29, 1.82) is 0 Å². The standard InChI is InChI=1S/C27H37F3N4O3/c1-16-13-23(37-4)21(25(35)32-16)14-31-26(36)24-18(3)34(22-8-6-5-7-20(22)24)17(2)19-9-11-33(12-10-19)15-27(28,29)30/h5-8,16-17,19,21,23H,9-15H2,1-4H3,(H,31,36)(H,32,35)/t16?,17-,21?,23?/m1/s1. The molecule has 4 rings (SSSR count). The Morgan fingerprint density at radius 1 is 1.24 bits per heavy atom. The number of ether oxygens (including phenoxy) is 1. The van der Waals surface area contributed by atoms with Crippen LogP contribution < -0.4 is 10.6 Å². The summed E-state index contributed by atoms with van der Waals surface area (Å²) in [5.41, 5.74) is 2.30. The Morgan fingerprint density at radius 3 is 2.57 bits per heavy atom. The molecule has 2 aliphatic heterocycles. The number of para-hydroxylation sites is 1. The van der Waals surface area contributed by atoms with Crippen molar-refractivity contribution >= 4 is 22.7 Å². The maximum absolute atomic E-state index is 13.5. The van der Waals surface area contributed by atoms with Crippen molar-refractivity contribution in [2.24, 2.45) is 11.8 Å². The van der Waals surface area contributed by atoms with E-state index in [0.29, 0.717) is 37.9 Å². The monoisotopic (exact) mass is 522 g/mol. The first-order valence-electron chi connectivity index (χ1n) is 13.0. The van der Waals surface area contributed by atoms with E-state index in [4.69, 9.17) is 4.74 Å². The third kappa shape index (κ3) is 5.95. The van der Waals surface area contributed by atoms with Crippen LogP contribution >= 0.6 is 0 Å². The lowest BCUT2D eigenvalue weighted by atomic mass is 9.90. The number of hydrogen-bond donors (Lipinski definition) is 2. The van der Waals surface area contributed by atoms with Gasteiger partial charge in [0.15, 0.2) is 0 Å². The van der Waals surface area contributed by atoms with Crippen LogP contribution in [0.1, 0.15) is 55.2 Å². The second-order valence-corrected chi connectivity index (χ2v) is 10.6. The summed E-state index contributed by atoms with van der Waals surface area (Å²) in [7, 11) is 1.58. The highest BCUT2D eigenvalue weighted by atomic mass is 19.4. The van der Waals surface area contributed by atoms with E-state index in [9.17, 15) is 22.8 Å². The lowest BCUT2D eigenvalue weighted by molar-refractivity contribution is -0.149. The molecule has 0 radical (unpaired) electrons. The van der Waals surface area contributed by atoms with E-state index in [-0.39, 0.29) is 42.5 Å². The Bertz CT molecular complexity index is 1120. The van der Waals surface area contributed by atoms with Crippen LogP contribution in [0.5, 0.6) is 0 Å². The van der Waals surface area contributed by atoms with E-state index in [0.717, 1.165) is 16.6 Å². The molecule has 2 aromatic rings. The van der Waals surface area contributed by atoms with E-state index in [2.05, 4.69) is 22.1 Å². The summed E-state index contributed by atoms with van der Waals surface area (Å²) in [5, 5.41) is 6.72. The minimum atomic E-state index is -4.19. The zero-order valence-electron chi connectivity index (χ0n) is 21.9. The number of amides is 2. The van der Waals surface area contributed by atoms with Crippen LogP contribution in [0.15, 0.2) is 24.3 Å². The number of fused-ring (bicyclic) bond motifs is 1. The van der Waals surface area contributed by atoms with Crippen LogP contribution in [-0.2, 0) is 9.53 Å².